The van der Waals surface area contributed by atoms with E-state index in [9.17, 15) is 0 Å². The Morgan fingerprint density at radius 3 is 2.00 bits per heavy atom. The molecule has 0 N–H and O–H groups in total. The number of aromatic nitrogens is 2. The largest absolute Gasteiger partial charge is 0.509 e. The van der Waals surface area contributed by atoms with E-state index in [1.165, 1.54) is 35.5 Å². The maximum atomic E-state index is 8.81. The molecule has 0 spiro atoms. The summed E-state index contributed by atoms with van der Waals surface area (Å²) in [5, 5.41) is 1.12. The van der Waals surface area contributed by atoms with Gasteiger partial charge in [-0.3, -0.25) is 0 Å². The summed E-state index contributed by atoms with van der Waals surface area (Å²) in [6.07, 6.45) is 1.46. The standard InChI is InChI=1S/C56H55N4O.Pt/c1-36-24-25-57-52(26-36)60-48-21-15-13-19-46(48)53-37(2)27-43(34-51(53)60)61-44-29-38(45-18-12-14-20-47(45)56(9,10)11)28-41(33-44)58-35-59(50-23-17-16-22-49(50)58)42-31-39(54(3,4)5)30-40(32-42)55(6,7)8;/h12-32,35H,1-11H3;/q-3;/i1D3,2D3;. The fourth-order valence-corrected chi connectivity index (χ4v) is 8.32. The average molecular weight is 1000 g/mol. The summed E-state index contributed by atoms with van der Waals surface area (Å²) in [6.45, 7) is 17.2. The van der Waals surface area contributed by atoms with Gasteiger partial charge < -0.3 is 19.1 Å². The number of hydrogen-bond donors (Lipinski definition) is 0. The second-order valence-corrected chi connectivity index (χ2v) is 19.2. The Hall–Kier alpha value is -5.64. The van der Waals surface area contributed by atoms with Crippen molar-refractivity contribution >= 4 is 44.6 Å². The van der Waals surface area contributed by atoms with Crippen LogP contribution >= 0.6 is 0 Å². The number of ether oxygens (including phenoxy) is 1. The van der Waals surface area contributed by atoms with Gasteiger partial charge >= 0.3 is 0 Å². The number of para-hydroxylation sites is 3. The first kappa shape index (κ1) is 35.9. The van der Waals surface area contributed by atoms with Crippen molar-refractivity contribution in [3.63, 3.8) is 0 Å². The molecule has 62 heavy (non-hydrogen) atoms. The molecule has 0 amide bonds. The molecule has 1 aliphatic rings. The quantitative estimate of drug-likeness (QED) is 0.155. The number of pyridine rings is 1. The molecule has 9 rings (SSSR count). The number of benzene rings is 6. The number of hydrogen-bond acceptors (Lipinski definition) is 4. The predicted octanol–water partition coefficient (Wildman–Crippen LogP) is 15.2. The minimum Gasteiger partial charge on any atom is -0.509 e. The number of fused-ring (bicyclic) bond motifs is 4. The molecular formula is C56H55N4OPt-3. The molecule has 6 heteroatoms. The molecule has 0 aliphatic carbocycles. The van der Waals surface area contributed by atoms with E-state index in [0.717, 1.165) is 33.8 Å². The van der Waals surface area contributed by atoms with Gasteiger partial charge in [-0.15, -0.1) is 53.8 Å². The van der Waals surface area contributed by atoms with E-state index in [0.29, 0.717) is 39.1 Å². The fraction of sp³-hybridized carbons (Fsp3) is 0.250. The van der Waals surface area contributed by atoms with Crippen LogP contribution in [0.25, 0.3) is 38.8 Å². The van der Waals surface area contributed by atoms with E-state index in [1.54, 1.807) is 4.57 Å². The zero-order chi connectivity index (χ0) is 48.0. The van der Waals surface area contributed by atoms with Crippen LogP contribution in [0.3, 0.4) is 0 Å². The van der Waals surface area contributed by atoms with Crippen molar-refractivity contribution in [3.05, 3.63) is 174 Å². The first-order valence-corrected chi connectivity index (χ1v) is 20.9. The molecule has 6 aromatic carbocycles. The van der Waals surface area contributed by atoms with Gasteiger partial charge in [0.05, 0.1) is 0 Å². The average Bonchev–Trinajstić information content (AvgIpc) is 3.81. The first-order chi connectivity index (χ1) is 31.4. The van der Waals surface area contributed by atoms with Crippen LogP contribution in [0.15, 0.2) is 128 Å². The van der Waals surface area contributed by atoms with Crippen molar-refractivity contribution < 1.29 is 34.0 Å². The van der Waals surface area contributed by atoms with Crippen LogP contribution < -0.4 is 14.5 Å². The first-order valence-electron chi connectivity index (χ1n) is 23.9. The molecule has 0 bridgehead atoms. The van der Waals surface area contributed by atoms with Crippen molar-refractivity contribution in [1.82, 2.24) is 9.55 Å². The van der Waals surface area contributed by atoms with Gasteiger partial charge in [0.1, 0.15) is 5.82 Å². The van der Waals surface area contributed by atoms with Gasteiger partial charge in [0, 0.05) is 69.6 Å². The van der Waals surface area contributed by atoms with Crippen LogP contribution in [-0.4, -0.2) is 9.55 Å². The summed E-state index contributed by atoms with van der Waals surface area (Å²) in [7, 11) is 0. The number of anilines is 4. The van der Waals surface area contributed by atoms with Gasteiger partial charge in [-0.25, -0.2) is 4.98 Å². The maximum Gasteiger partial charge on any atom is 0.135 e. The second kappa shape index (κ2) is 15.9. The van der Waals surface area contributed by atoms with Gasteiger partial charge in [0.2, 0.25) is 0 Å². The monoisotopic (exact) mass is 1000 g/mol. The molecule has 1 aliphatic heterocycles. The van der Waals surface area contributed by atoms with E-state index in [1.807, 2.05) is 42.5 Å². The molecular weight excluding hydrogens is 940 g/mol. The van der Waals surface area contributed by atoms with Crippen LogP contribution in [-0.2, 0) is 37.3 Å². The van der Waals surface area contributed by atoms with Crippen molar-refractivity contribution in [2.75, 3.05) is 9.80 Å². The van der Waals surface area contributed by atoms with E-state index >= 15 is 0 Å². The van der Waals surface area contributed by atoms with Crippen molar-refractivity contribution in [3.8, 4) is 28.4 Å². The Morgan fingerprint density at radius 2 is 1.31 bits per heavy atom. The third-order valence-corrected chi connectivity index (χ3v) is 11.6. The van der Waals surface area contributed by atoms with Gasteiger partial charge in [-0.05, 0) is 98.8 Å². The normalized spacial score (nSPS) is 15.0. The van der Waals surface area contributed by atoms with E-state index in [-0.39, 0.29) is 54.2 Å². The van der Waals surface area contributed by atoms with Gasteiger partial charge in [-0.1, -0.05) is 141 Å². The number of nitrogens with zero attached hydrogens (tertiary/aromatic N) is 4. The molecule has 8 aromatic rings. The van der Waals surface area contributed by atoms with Crippen molar-refractivity contribution in [2.45, 2.75) is 92.3 Å². The topological polar surface area (TPSA) is 33.5 Å². The molecule has 2 aromatic heterocycles. The molecule has 318 valence electrons. The summed E-state index contributed by atoms with van der Waals surface area (Å²) < 4.78 is 59.4. The van der Waals surface area contributed by atoms with E-state index in [4.69, 9.17) is 13.0 Å². The molecule has 0 fully saturated rings. The van der Waals surface area contributed by atoms with Crippen LogP contribution in [0.5, 0.6) is 11.5 Å². The summed E-state index contributed by atoms with van der Waals surface area (Å²) in [4.78, 5) is 8.97. The molecule has 0 saturated carbocycles. The van der Waals surface area contributed by atoms with Crippen molar-refractivity contribution in [2.24, 2.45) is 0 Å². The van der Waals surface area contributed by atoms with Crippen LogP contribution in [0.1, 0.15) is 98.4 Å². The SMILES string of the molecule is [2H]C([2H])([2H])c1ccnc(-n2c3[c-]c(Oc4[c-]c(N5[CH-]N(c6cc(C(C)(C)C)cc(C(C)(C)C)c6)c6ccccc65)cc(-c5ccccc5C(C)(C)C)c4)cc(C([2H])([2H])[2H])c3c3ccccc32)c1.[Pt]. The number of rotatable bonds is 6. The Morgan fingerprint density at radius 1 is 0.645 bits per heavy atom. The Balaban J connectivity index is 0.00000625. The smallest absolute Gasteiger partial charge is 0.135 e. The number of aryl methyl sites for hydroxylation is 2. The molecule has 3 heterocycles. The molecule has 0 radical (unpaired) electrons. The van der Waals surface area contributed by atoms with Crippen LogP contribution in [0.4, 0.5) is 22.7 Å². The fourth-order valence-electron chi connectivity index (χ4n) is 8.32. The van der Waals surface area contributed by atoms with Crippen molar-refractivity contribution in [1.29, 1.82) is 0 Å². The third-order valence-electron chi connectivity index (χ3n) is 11.6. The molecule has 0 saturated heterocycles. The van der Waals surface area contributed by atoms with E-state index in [2.05, 4.69) is 157 Å². The summed E-state index contributed by atoms with van der Waals surface area (Å²) >= 11 is 0. The summed E-state index contributed by atoms with van der Waals surface area (Å²) in [5.41, 5.74) is 10.1. The van der Waals surface area contributed by atoms with Gasteiger partial charge in [-0.2, -0.15) is 0 Å². The molecule has 0 atom stereocenters. The third kappa shape index (κ3) is 7.97. The Bertz CT molecular complexity index is 3170. The molecule has 0 unspecified atom stereocenters. The second-order valence-electron chi connectivity index (χ2n) is 19.2. The zero-order valence-corrected chi connectivity index (χ0v) is 39.0. The van der Waals surface area contributed by atoms with E-state index < -0.39 is 13.7 Å². The Labute approximate surface area is 391 Å². The summed E-state index contributed by atoms with van der Waals surface area (Å²) in [5.74, 6) is 0.816. The Kier molecular flexibility index (Phi) is 9.22. The maximum absolute atomic E-state index is 8.81. The minimum atomic E-state index is -2.56. The summed E-state index contributed by atoms with van der Waals surface area (Å²) in [6, 6.07) is 46.6. The van der Waals surface area contributed by atoms with Gasteiger partial charge in [0.15, 0.2) is 0 Å². The van der Waals surface area contributed by atoms with Gasteiger partial charge in [0.25, 0.3) is 0 Å². The zero-order valence-electron chi connectivity index (χ0n) is 42.7. The van der Waals surface area contributed by atoms with Crippen LogP contribution in [0, 0.1) is 32.5 Å². The minimum absolute atomic E-state index is 0. The molecule has 5 nitrogen and oxygen atoms in total. The van der Waals surface area contributed by atoms with Crippen LogP contribution in [0.2, 0.25) is 0 Å². The predicted molar refractivity (Wildman–Crippen MR) is 255 cm³/mol.